The summed E-state index contributed by atoms with van der Waals surface area (Å²) in [5, 5.41) is 9.15. The van der Waals surface area contributed by atoms with Gasteiger partial charge in [-0.1, -0.05) is 0 Å². The molecule has 1 aromatic rings. The van der Waals surface area contributed by atoms with Crippen LogP contribution in [-0.2, 0) is 4.79 Å². The van der Waals surface area contributed by atoms with E-state index < -0.39 is 11.9 Å². The summed E-state index contributed by atoms with van der Waals surface area (Å²) in [6, 6.07) is -0.252. The number of carboxylic acid groups (broad SMARTS) is 1. The zero-order chi connectivity index (χ0) is 13.3. The maximum absolute atomic E-state index is 12.4. The molecule has 1 fully saturated rings. The Labute approximate surface area is 106 Å². The monoisotopic (exact) mass is 250 g/mol. The third-order valence-electron chi connectivity index (χ3n) is 3.75. The van der Waals surface area contributed by atoms with Crippen LogP contribution in [0.3, 0.4) is 0 Å². The van der Waals surface area contributed by atoms with E-state index in [0.29, 0.717) is 18.5 Å². The molecule has 0 saturated carbocycles. The Morgan fingerprint density at radius 1 is 1.44 bits per heavy atom. The van der Waals surface area contributed by atoms with E-state index in [-0.39, 0.29) is 11.9 Å². The molecule has 0 radical (unpaired) electrons. The van der Waals surface area contributed by atoms with E-state index in [9.17, 15) is 9.59 Å². The smallest absolute Gasteiger partial charge is 0.308 e. The molecular weight excluding hydrogens is 232 g/mol. The highest BCUT2D eigenvalue weighted by Gasteiger charge is 2.35. The van der Waals surface area contributed by atoms with Crippen molar-refractivity contribution in [1.29, 1.82) is 0 Å². The average Bonchev–Trinajstić information content (AvgIpc) is 2.74. The molecule has 0 spiro atoms. The lowest BCUT2D eigenvalue weighted by atomic mass is 9.90. The fourth-order valence-corrected chi connectivity index (χ4v) is 2.59. The number of carbonyl (C=O) groups is 2. The Morgan fingerprint density at radius 2 is 2.17 bits per heavy atom. The molecule has 5 heteroatoms. The summed E-state index contributed by atoms with van der Waals surface area (Å²) in [6.07, 6.45) is 4.84. The second kappa shape index (κ2) is 4.84. The van der Waals surface area contributed by atoms with Crippen molar-refractivity contribution in [3.8, 4) is 0 Å². The van der Waals surface area contributed by atoms with E-state index in [4.69, 9.17) is 5.11 Å². The number of aliphatic carboxylic acids is 1. The number of amides is 1. The van der Waals surface area contributed by atoms with Crippen molar-refractivity contribution in [1.82, 2.24) is 9.88 Å². The van der Waals surface area contributed by atoms with Crippen LogP contribution in [-0.4, -0.2) is 39.5 Å². The number of H-pyrrole nitrogens is 1. The quantitative estimate of drug-likeness (QED) is 0.838. The van der Waals surface area contributed by atoms with Gasteiger partial charge in [-0.05, 0) is 32.3 Å². The van der Waals surface area contributed by atoms with Crippen LogP contribution in [0.1, 0.15) is 35.7 Å². The minimum absolute atomic E-state index is 0.0767. The molecule has 1 aliphatic rings. The number of nitrogens with one attached hydrogen (secondary N) is 1. The second-order valence-electron chi connectivity index (χ2n) is 4.88. The van der Waals surface area contributed by atoms with Crippen LogP contribution in [0.4, 0.5) is 0 Å². The maximum Gasteiger partial charge on any atom is 0.308 e. The number of nitrogens with zero attached hydrogens (tertiary/aromatic N) is 1. The molecule has 1 aliphatic heterocycles. The van der Waals surface area contributed by atoms with Gasteiger partial charge >= 0.3 is 5.97 Å². The van der Waals surface area contributed by atoms with Crippen LogP contribution in [0, 0.1) is 12.8 Å². The molecule has 98 valence electrons. The first-order valence-electron chi connectivity index (χ1n) is 6.19. The number of carboxylic acids is 1. The summed E-state index contributed by atoms with van der Waals surface area (Å²) in [6.45, 7) is 4.32. The first-order chi connectivity index (χ1) is 8.52. The maximum atomic E-state index is 12.4. The van der Waals surface area contributed by atoms with Gasteiger partial charge in [0, 0.05) is 25.0 Å². The van der Waals surface area contributed by atoms with Gasteiger partial charge in [-0.2, -0.15) is 0 Å². The standard InChI is InChI=1S/C13H18N2O3/c1-8-6-14-7-11(8)12(16)15-5-3-4-10(9(15)2)13(17)18/h6-7,9-10,14H,3-5H2,1-2H3,(H,17,18)/t9-,10-/m1/s1. The van der Waals surface area contributed by atoms with Gasteiger partial charge in [-0.3, -0.25) is 9.59 Å². The third kappa shape index (κ3) is 2.12. The fourth-order valence-electron chi connectivity index (χ4n) is 2.59. The Balaban J connectivity index is 2.20. The molecule has 2 N–H and O–H groups in total. The summed E-state index contributed by atoms with van der Waals surface area (Å²) in [5.41, 5.74) is 1.53. The van der Waals surface area contributed by atoms with Crippen molar-refractivity contribution in [3.05, 3.63) is 23.5 Å². The van der Waals surface area contributed by atoms with Crippen molar-refractivity contribution in [3.63, 3.8) is 0 Å². The SMILES string of the molecule is Cc1c[nH]cc1C(=O)N1CCC[C@@H](C(=O)O)[C@H]1C. The zero-order valence-electron chi connectivity index (χ0n) is 10.6. The first-order valence-corrected chi connectivity index (χ1v) is 6.19. The normalized spacial score (nSPS) is 24.0. The van der Waals surface area contributed by atoms with Crippen molar-refractivity contribution >= 4 is 11.9 Å². The number of hydrogen-bond acceptors (Lipinski definition) is 2. The molecule has 0 unspecified atom stereocenters. The predicted octanol–water partition coefficient (Wildman–Crippen LogP) is 1.65. The van der Waals surface area contributed by atoms with Crippen molar-refractivity contribution in [2.75, 3.05) is 6.54 Å². The van der Waals surface area contributed by atoms with E-state index in [1.807, 2.05) is 13.8 Å². The lowest BCUT2D eigenvalue weighted by molar-refractivity contribution is -0.144. The number of rotatable bonds is 2. The largest absolute Gasteiger partial charge is 0.481 e. The van der Waals surface area contributed by atoms with E-state index >= 15 is 0 Å². The minimum Gasteiger partial charge on any atom is -0.481 e. The lowest BCUT2D eigenvalue weighted by Gasteiger charge is -2.37. The topological polar surface area (TPSA) is 73.4 Å². The Hall–Kier alpha value is -1.78. The molecule has 1 saturated heterocycles. The van der Waals surface area contributed by atoms with E-state index in [0.717, 1.165) is 12.0 Å². The molecule has 2 atom stereocenters. The summed E-state index contributed by atoms with van der Waals surface area (Å²) in [4.78, 5) is 28.1. The number of piperidine rings is 1. The van der Waals surface area contributed by atoms with Gasteiger partial charge in [0.15, 0.2) is 0 Å². The number of aromatic amines is 1. The van der Waals surface area contributed by atoms with Crippen LogP contribution >= 0.6 is 0 Å². The third-order valence-corrected chi connectivity index (χ3v) is 3.75. The summed E-state index contributed by atoms with van der Waals surface area (Å²) in [7, 11) is 0. The lowest BCUT2D eigenvalue weighted by Crippen LogP contribution is -2.49. The molecule has 2 heterocycles. The molecule has 2 rings (SSSR count). The molecular formula is C13H18N2O3. The van der Waals surface area contributed by atoms with E-state index in [2.05, 4.69) is 4.98 Å². The highest BCUT2D eigenvalue weighted by molar-refractivity contribution is 5.96. The zero-order valence-corrected chi connectivity index (χ0v) is 10.6. The highest BCUT2D eigenvalue weighted by atomic mass is 16.4. The second-order valence-corrected chi connectivity index (χ2v) is 4.88. The van der Waals surface area contributed by atoms with Gasteiger partial charge in [0.1, 0.15) is 0 Å². The van der Waals surface area contributed by atoms with E-state index in [1.54, 1.807) is 17.3 Å². The van der Waals surface area contributed by atoms with Crippen molar-refractivity contribution in [2.24, 2.45) is 5.92 Å². The Kier molecular flexibility index (Phi) is 3.41. The number of aryl methyl sites for hydroxylation is 1. The van der Waals surface area contributed by atoms with Crippen LogP contribution < -0.4 is 0 Å². The van der Waals surface area contributed by atoms with Crippen molar-refractivity contribution in [2.45, 2.75) is 32.7 Å². The number of aromatic nitrogens is 1. The summed E-state index contributed by atoms with van der Waals surface area (Å²) in [5.74, 6) is -1.35. The van der Waals surface area contributed by atoms with Gasteiger partial charge in [0.2, 0.25) is 0 Å². The van der Waals surface area contributed by atoms with Crippen molar-refractivity contribution < 1.29 is 14.7 Å². The van der Waals surface area contributed by atoms with Gasteiger partial charge in [0.25, 0.3) is 5.91 Å². The van der Waals surface area contributed by atoms with Gasteiger partial charge in [-0.15, -0.1) is 0 Å². The van der Waals surface area contributed by atoms with Gasteiger partial charge < -0.3 is 15.0 Å². The molecule has 1 amide bonds. The van der Waals surface area contributed by atoms with Crippen LogP contribution in [0.2, 0.25) is 0 Å². The average molecular weight is 250 g/mol. The highest BCUT2D eigenvalue weighted by Crippen LogP contribution is 2.25. The molecule has 18 heavy (non-hydrogen) atoms. The fraction of sp³-hybridized carbons (Fsp3) is 0.538. The van der Waals surface area contributed by atoms with Crippen LogP contribution in [0.25, 0.3) is 0 Å². The predicted molar refractivity (Wildman–Crippen MR) is 66.4 cm³/mol. The van der Waals surface area contributed by atoms with Crippen LogP contribution in [0.5, 0.6) is 0 Å². The van der Waals surface area contributed by atoms with E-state index in [1.165, 1.54) is 0 Å². The van der Waals surface area contributed by atoms with Crippen LogP contribution in [0.15, 0.2) is 12.4 Å². The Morgan fingerprint density at radius 3 is 2.72 bits per heavy atom. The Bertz CT molecular complexity index is 467. The number of likely N-dealkylation sites (tertiary alicyclic amines) is 1. The summed E-state index contributed by atoms with van der Waals surface area (Å²) < 4.78 is 0. The van der Waals surface area contributed by atoms with Gasteiger partial charge in [-0.25, -0.2) is 0 Å². The molecule has 0 aliphatic carbocycles. The molecule has 0 aromatic carbocycles. The first kappa shape index (κ1) is 12.7. The molecule has 1 aromatic heterocycles. The summed E-state index contributed by atoms with van der Waals surface area (Å²) >= 11 is 0. The number of hydrogen-bond donors (Lipinski definition) is 2. The number of carbonyl (C=O) groups excluding carboxylic acids is 1. The van der Waals surface area contributed by atoms with Gasteiger partial charge in [0.05, 0.1) is 11.5 Å². The molecule has 5 nitrogen and oxygen atoms in total. The molecule has 0 bridgehead atoms. The minimum atomic E-state index is -0.814.